The number of halogens is 2. The van der Waals surface area contributed by atoms with Gasteiger partial charge in [-0.1, -0.05) is 41.4 Å². The largest absolute Gasteiger partial charge is 0.493 e. The smallest absolute Gasteiger partial charge is 0.293 e. The number of carbonyl (C=O) groups is 2. The molecule has 0 N–H and O–H groups in total. The Morgan fingerprint density at radius 1 is 1.03 bits per heavy atom. The Balaban J connectivity index is 1.43. The molecule has 0 spiro atoms. The predicted molar refractivity (Wildman–Crippen MR) is 146 cm³/mol. The maximum Gasteiger partial charge on any atom is 0.293 e. The van der Waals surface area contributed by atoms with Crippen LogP contribution in [0.2, 0.25) is 5.02 Å². The number of imide groups is 1. The Kier molecular flexibility index (Phi) is 8.61. The Morgan fingerprint density at radius 3 is 2.44 bits per heavy atom. The van der Waals surface area contributed by atoms with E-state index in [4.69, 9.17) is 25.8 Å². The van der Waals surface area contributed by atoms with E-state index in [0.717, 1.165) is 22.9 Å². The van der Waals surface area contributed by atoms with Crippen LogP contribution in [0.4, 0.5) is 4.79 Å². The first-order chi connectivity index (χ1) is 17.3. The summed E-state index contributed by atoms with van der Waals surface area (Å²) < 4.78 is 17.8. The van der Waals surface area contributed by atoms with Gasteiger partial charge in [0.25, 0.3) is 11.1 Å². The molecule has 0 atom stereocenters. The van der Waals surface area contributed by atoms with Crippen LogP contribution in [0.5, 0.6) is 17.2 Å². The summed E-state index contributed by atoms with van der Waals surface area (Å²) in [4.78, 5) is 26.9. The van der Waals surface area contributed by atoms with Crippen LogP contribution in [0.15, 0.2) is 70.0 Å². The van der Waals surface area contributed by atoms with Crippen LogP contribution >= 0.6 is 39.3 Å². The lowest BCUT2D eigenvalue weighted by atomic mass is 10.1. The molecular formula is C27H23BrClNO5S. The van der Waals surface area contributed by atoms with Crippen molar-refractivity contribution in [3.63, 3.8) is 0 Å². The van der Waals surface area contributed by atoms with E-state index < -0.39 is 0 Å². The molecule has 2 amide bonds. The summed E-state index contributed by atoms with van der Waals surface area (Å²) in [7, 11) is 1.54. The lowest BCUT2D eigenvalue weighted by molar-refractivity contribution is -0.123. The van der Waals surface area contributed by atoms with Crippen LogP contribution in [0.25, 0.3) is 6.08 Å². The average Bonchev–Trinajstić information content (AvgIpc) is 3.12. The van der Waals surface area contributed by atoms with Gasteiger partial charge >= 0.3 is 0 Å². The van der Waals surface area contributed by atoms with Crippen molar-refractivity contribution < 1.29 is 23.8 Å². The zero-order chi connectivity index (χ0) is 25.7. The molecule has 1 saturated heterocycles. The highest BCUT2D eigenvalue weighted by Crippen LogP contribution is 2.39. The molecule has 4 rings (SSSR count). The van der Waals surface area contributed by atoms with Crippen molar-refractivity contribution in [2.24, 2.45) is 0 Å². The molecule has 1 fully saturated rings. The number of rotatable bonds is 9. The predicted octanol–water partition coefficient (Wildman–Crippen LogP) is 7.11. The second-order valence-corrected chi connectivity index (χ2v) is 10.2. The molecule has 3 aromatic rings. The molecule has 36 heavy (non-hydrogen) atoms. The Morgan fingerprint density at radius 2 is 1.75 bits per heavy atom. The van der Waals surface area contributed by atoms with Gasteiger partial charge in [-0.25, -0.2) is 0 Å². The first-order valence-corrected chi connectivity index (χ1v) is 13.0. The zero-order valence-electron chi connectivity index (χ0n) is 19.6. The van der Waals surface area contributed by atoms with Gasteiger partial charge in [0, 0.05) is 5.02 Å². The van der Waals surface area contributed by atoms with Crippen molar-refractivity contribution >= 4 is 56.5 Å². The van der Waals surface area contributed by atoms with Gasteiger partial charge in [0.1, 0.15) is 19.0 Å². The number of nitrogens with zero attached hydrogens (tertiary/aromatic N) is 1. The van der Waals surface area contributed by atoms with Crippen LogP contribution in [0, 0.1) is 6.92 Å². The van der Waals surface area contributed by atoms with Crippen molar-refractivity contribution in [3.8, 4) is 17.2 Å². The summed E-state index contributed by atoms with van der Waals surface area (Å²) in [6.45, 7) is 2.70. The molecule has 1 aliphatic rings. The van der Waals surface area contributed by atoms with E-state index in [1.807, 2.05) is 49.4 Å². The summed E-state index contributed by atoms with van der Waals surface area (Å²) in [6.07, 6.45) is 1.67. The van der Waals surface area contributed by atoms with Gasteiger partial charge in [-0.2, -0.15) is 0 Å². The van der Waals surface area contributed by atoms with Crippen LogP contribution in [-0.4, -0.2) is 36.3 Å². The number of methoxy groups -OCH3 is 1. The molecule has 0 radical (unpaired) electrons. The highest BCUT2D eigenvalue weighted by molar-refractivity contribution is 9.10. The molecule has 6 nitrogen and oxygen atoms in total. The molecule has 0 unspecified atom stereocenters. The number of carbonyl (C=O) groups excluding carboxylic acids is 2. The minimum Gasteiger partial charge on any atom is -0.493 e. The van der Waals surface area contributed by atoms with Crippen molar-refractivity contribution in [2.75, 3.05) is 20.3 Å². The monoisotopic (exact) mass is 587 g/mol. The van der Waals surface area contributed by atoms with Crippen molar-refractivity contribution in [2.45, 2.75) is 13.5 Å². The number of hydrogen-bond donors (Lipinski definition) is 0. The summed E-state index contributed by atoms with van der Waals surface area (Å²) in [5, 5.41) is 0.331. The normalized spacial score (nSPS) is 14.4. The lowest BCUT2D eigenvalue weighted by Gasteiger charge is -2.14. The van der Waals surface area contributed by atoms with Crippen LogP contribution < -0.4 is 14.2 Å². The minimum absolute atomic E-state index is 0.167. The van der Waals surface area contributed by atoms with E-state index in [9.17, 15) is 9.59 Å². The van der Waals surface area contributed by atoms with Crippen LogP contribution in [0.1, 0.15) is 16.7 Å². The fraction of sp³-hybridized carbons (Fsp3) is 0.185. The van der Waals surface area contributed by atoms with Gasteiger partial charge in [-0.15, -0.1) is 0 Å². The minimum atomic E-state index is -0.351. The molecule has 9 heteroatoms. The van der Waals surface area contributed by atoms with E-state index in [1.165, 1.54) is 4.90 Å². The maximum absolute atomic E-state index is 12.9. The van der Waals surface area contributed by atoms with E-state index in [1.54, 1.807) is 31.4 Å². The second kappa shape index (κ2) is 11.9. The van der Waals surface area contributed by atoms with Gasteiger partial charge in [-0.3, -0.25) is 14.5 Å². The van der Waals surface area contributed by atoms with E-state index in [2.05, 4.69) is 15.9 Å². The number of thioether (sulfide) groups is 1. The van der Waals surface area contributed by atoms with Gasteiger partial charge in [0.05, 0.1) is 23.0 Å². The molecule has 1 aliphatic heterocycles. The number of aryl methyl sites for hydroxylation is 1. The molecule has 3 aromatic carbocycles. The standard InChI is InChI=1S/C27H23BrClNO5S/c1-17-3-9-21(10-4-17)34-12-11-30-26(31)24(36-27(30)32)15-19-13-22(28)25(23(14-19)33-2)35-16-18-5-7-20(29)8-6-18/h3-10,13-15H,11-12,16H2,1-2H3/b24-15-. The number of ether oxygens (including phenoxy) is 3. The summed E-state index contributed by atoms with van der Waals surface area (Å²) in [5.74, 6) is 1.37. The van der Waals surface area contributed by atoms with Crippen LogP contribution in [0.3, 0.4) is 0 Å². The number of benzene rings is 3. The van der Waals surface area contributed by atoms with Gasteiger partial charge in [-0.05, 0) is 88.2 Å². The van der Waals surface area contributed by atoms with Crippen LogP contribution in [-0.2, 0) is 11.4 Å². The van der Waals surface area contributed by atoms with Gasteiger partial charge in [0.15, 0.2) is 11.5 Å². The van der Waals surface area contributed by atoms with Crippen molar-refractivity contribution in [1.82, 2.24) is 4.90 Å². The Bertz CT molecular complexity index is 1290. The Labute approximate surface area is 227 Å². The summed E-state index contributed by atoms with van der Waals surface area (Å²) >= 11 is 10.4. The number of hydrogen-bond acceptors (Lipinski definition) is 6. The highest BCUT2D eigenvalue weighted by Gasteiger charge is 2.35. The fourth-order valence-electron chi connectivity index (χ4n) is 3.43. The molecule has 0 aromatic heterocycles. The Hall–Kier alpha value is -2.94. The quantitative estimate of drug-likeness (QED) is 0.248. The zero-order valence-corrected chi connectivity index (χ0v) is 22.8. The molecule has 186 valence electrons. The third-order valence-corrected chi connectivity index (χ3v) is 7.07. The van der Waals surface area contributed by atoms with Crippen molar-refractivity contribution in [1.29, 1.82) is 0 Å². The van der Waals surface area contributed by atoms with E-state index in [0.29, 0.717) is 43.8 Å². The second-order valence-electron chi connectivity index (χ2n) is 7.94. The molecule has 0 bridgehead atoms. The van der Waals surface area contributed by atoms with Crippen molar-refractivity contribution in [3.05, 3.63) is 91.8 Å². The SMILES string of the molecule is COc1cc(/C=C2\SC(=O)N(CCOc3ccc(C)cc3)C2=O)cc(Br)c1OCc1ccc(Cl)cc1. The third-order valence-electron chi connectivity index (χ3n) is 5.32. The first kappa shape index (κ1) is 26.1. The highest BCUT2D eigenvalue weighted by atomic mass is 79.9. The summed E-state index contributed by atoms with van der Waals surface area (Å²) in [5.41, 5.74) is 2.78. The van der Waals surface area contributed by atoms with E-state index in [-0.39, 0.29) is 24.3 Å². The molecule has 0 aliphatic carbocycles. The molecular weight excluding hydrogens is 566 g/mol. The molecule has 0 saturated carbocycles. The molecule has 1 heterocycles. The lowest BCUT2D eigenvalue weighted by Crippen LogP contribution is -2.32. The average molecular weight is 589 g/mol. The van der Waals surface area contributed by atoms with Gasteiger partial charge in [0.2, 0.25) is 0 Å². The third kappa shape index (κ3) is 6.43. The summed E-state index contributed by atoms with van der Waals surface area (Å²) in [6, 6.07) is 18.6. The number of amides is 2. The maximum atomic E-state index is 12.9. The topological polar surface area (TPSA) is 65.1 Å². The van der Waals surface area contributed by atoms with E-state index >= 15 is 0 Å². The first-order valence-electron chi connectivity index (χ1n) is 11.0. The van der Waals surface area contributed by atoms with Gasteiger partial charge < -0.3 is 14.2 Å². The fourth-order valence-corrected chi connectivity index (χ4v) is 5.00.